The third-order valence-electron chi connectivity index (χ3n) is 5.55. The van der Waals surface area contributed by atoms with Crippen LogP contribution in [0.2, 0.25) is 0 Å². The van der Waals surface area contributed by atoms with Crippen LogP contribution in [0.3, 0.4) is 0 Å². The number of amidine groups is 1. The van der Waals surface area contributed by atoms with Crippen molar-refractivity contribution in [3.8, 4) is 0 Å². The molecule has 0 bridgehead atoms. The summed E-state index contributed by atoms with van der Waals surface area (Å²) < 4.78 is 45.4. The van der Waals surface area contributed by atoms with E-state index in [1.807, 2.05) is 6.92 Å². The first-order valence-electron chi connectivity index (χ1n) is 11.6. The number of anilines is 2. The number of nitrogen functional groups attached to an aromatic ring is 1. The van der Waals surface area contributed by atoms with Gasteiger partial charge in [0, 0.05) is 34.7 Å². The summed E-state index contributed by atoms with van der Waals surface area (Å²) in [5, 5.41) is 6.41. The molecule has 0 fully saturated rings. The first-order valence-corrected chi connectivity index (χ1v) is 11.6. The van der Waals surface area contributed by atoms with Crippen molar-refractivity contribution in [2.75, 3.05) is 24.7 Å². The van der Waals surface area contributed by atoms with Gasteiger partial charge in [-0.3, -0.25) is 4.99 Å². The normalized spacial score (nSPS) is 11.6. The summed E-state index contributed by atoms with van der Waals surface area (Å²) in [5.41, 5.74) is 8.32. The fourth-order valence-electron chi connectivity index (χ4n) is 3.67. The van der Waals surface area contributed by atoms with Crippen LogP contribution in [0, 0.1) is 0 Å². The summed E-state index contributed by atoms with van der Waals surface area (Å²) in [4.78, 5) is 16.6. The minimum Gasteiger partial charge on any atom is -0.465 e. The van der Waals surface area contributed by atoms with Gasteiger partial charge in [-0.15, -0.1) is 0 Å². The van der Waals surface area contributed by atoms with E-state index in [1.54, 1.807) is 42.5 Å². The molecule has 0 atom stereocenters. The highest BCUT2D eigenvalue weighted by Gasteiger charge is 2.32. The number of hydrogen-bond donors (Lipinski definition) is 3. The standard InChI is InChI=1S/C28H29F3N4O2/c1-4-15-33-25-14-13-19(27(36)37-3)16-22(25)18(2)35-26(21-10-6-8-12-24(21)32)34-17-20-9-5-7-11-23(20)28(29,30)31/h5-14,16,33H,2,4,15,17,32H2,1,3H3,(H,34,35). The molecule has 0 spiro atoms. The molecule has 37 heavy (non-hydrogen) atoms. The van der Waals surface area contributed by atoms with Crippen molar-refractivity contribution in [1.29, 1.82) is 0 Å². The molecular formula is C28H29F3N4O2. The van der Waals surface area contributed by atoms with Crippen LogP contribution < -0.4 is 16.4 Å². The van der Waals surface area contributed by atoms with Crippen molar-refractivity contribution in [1.82, 2.24) is 5.32 Å². The van der Waals surface area contributed by atoms with E-state index in [2.05, 4.69) is 22.2 Å². The maximum atomic E-state index is 13.5. The number of benzene rings is 3. The van der Waals surface area contributed by atoms with E-state index >= 15 is 0 Å². The third kappa shape index (κ3) is 6.91. The van der Waals surface area contributed by atoms with Crippen LogP contribution in [0.5, 0.6) is 0 Å². The second-order valence-electron chi connectivity index (χ2n) is 8.19. The number of nitrogens with zero attached hydrogens (tertiary/aromatic N) is 1. The SMILES string of the molecule is C=C(NC(=NCc1ccccc1C(F)(F)F)c1ccccc1N)c1cc(C(=O)OC)ccc1NCCC. The van der Waals surface area contributed by atoms with Crippen molar-refractivity contribution in [2.45, 2.75) is 26.1 Å². The molecule has 3 aromatic carbocycles. The van der Waals surface area contributed by atoms with E-state index in [-0.39, 0.29) is 17.9 Å². The number of esters is 1. The topological polar surface area (TPSA) is 88.7 Å². The van der Waals surface area contributed by atoms with E-state index in [0.717, 1.165) is 18.2 Å². The summed E-state index contributed by atoms with van der Waals surface area (Å²) >= 11 is 0. The van der Waals surface area contributed by atoms with Gasteiger partial charge in [-0.1, -0.05) is 43.8 Å². The molecule has 6 nitrogen and oxygen atoms in total. The second kappa shape index (κ2) is 12.1. The van der Waals surface area contributed by atoms with Gasteiger partial charge in [0.05, 0.1) is 24.8 Å². The number of halogens is 3. The fourth-order valence-corrected chi connectivity index (χ4v) is 3.67. The number of carbonyl (C=O) groups excluding carboxylic acids is 1. The van der Waals surface area contributed by atoms with Crippen LogP contribution >= 0.6 is 0 Å². The summed E-state index contributed by atoms with van der Waals surface area (Å²) in [7, 11) is 1.29. The number of nitrogens with two attached hydrogens (primary N) is 1. The smallest absolute Gasteiger partial charge is 0.416 e. The minimum absolute atomic E-state index is 0.0207. The molecule has 0 aliphatic rings. The van der Waals surface area contributed by atoms with E-state index in [9.17, 15) is 18.0 Å². The van der Waals surface area contributed by atoms with E-state index in [0.29, 0.717) is 34.6 Å². The van der Waals surface area contributed by atoms with E-state index in [1.165, 1.54) is 25.3 Å². The number of para-hydroxylation sites is 1. The Morgan fingerprint density at radius 3 is 2.43 bits per heavy atom. The van der Waals surface area contributed by atoms with Gasteiger partial charge in [0.15, 0.2) is 0 Å². The molecule has 9 heteroatoms. The highest BCUT2D eigenvalue weighted by molar-refractivity contribution is 6.07. The van der Waals surface area contributed by atoms with Crippen molar-refractivity contribution >= 4 is 28.9 Å². The van der Waals surface area contributed by atoms with Gasteiger partial charge in [0.2, 0.25) is 0 Å². The highest BCUT2D eigenvalue weighted by Crippen LogP contribution is 2.32. The zero-order valence-corrected chi connectivity index (χ0v) is 20.7. The molecule has 3 aromatic rings. The Morgan fingerprint density at radius 1 is 1.05 bits per heavy atom. The zero-order valence-electron chi connectivity index (χ0n) is 20.7. The van der Waals surface area contributed by atoms with Gasteiger partial charge in [-0.05, 0) is 48.4 Å². The van der Waals surface area contributed by atoms with Crippen molar-refractivity contribution in [3.05, 3.63) is 101 Å². The maximum Gasteiger partial charge on any atom is 0.416 e. The molecule has 0 amide bonds. The number of carbonyl (C=O) groups is 1. The van der Waals surface area contributed by atoms with Crippen LogP contribution in [0.15, 0.2) is 78.3 Å². The quantitative estimate of drug-likeness (QED) is 0.140. The molecular weight excluding hydrogens is 481 g/mol. The molecule has 4 N–H and O–H groups in total. The molecule has 0 unspecified atom stereocenters. The largest absolute Gasteiger partial charge is 0.465 e. The summed E-state index contributed by atoms with van der Waals surface area (Å²) in [6.45, 7) is 6.57. The van der Waals surface area contributed by atoms with Crippen LogP contribution in [-0.4, -0.2) is 25.5 Å². The monoisotopic (exact) mass is 510 g/mol. The van der Waals surface area contributed by atoms with Gasteiger partial charge >= 0.3 is 12.1 Å². The molecule has 0 saturated heterocycles. The van der Waals surface area contributed by atoms with Gasteiger partial charge in [0.25, 0.3) is 0 Å². The Bertz CT molecular complexity index is 1300. The summed E-state index contributed by atoms with van der Waals surface area (Å²) in [5.74, 6) is -0.272. The van der Waals surface area contributed by atoms with E-state index < -0.39 is 17.7 Å². The second-order valence-corrected chi connectivity index (χ2v) is 8.19. The van der Waals surface area contributed by atoms with Crippen molar-refractivity contribution < 1.29 is 22.7 Å². The number of ether oxygens (including phenoxy) is 1. The van der Waals surface area contributed by atoms with Crippen LogP contribution in [-0.2, 0) is 17.5 Å². The lowest BCUT2D eigenvalue weighted by molar-refractivity contribution is -0.138. The zero-order chi connectivity index (χ0) is 27.0. The molecule has 0 aliphatic heterocycles. The number of hydrogen-bond acceptors (Lipinski definition) is 5. The molecule has 0 saturated carbocycles. The average molecular weight is 511 g/mol. The van der Waals surface area contributed by atoms with Crippen molar-refractivity contribution in [3.63, 3.8) is 0 Å². The molecule has 0 aliphatic carbocycles. The number of aliphatic imine (C=N–C) groups is 1. The van der Waals surface area contributed by atoms with Crippen LogP contribution in [0.1, 0.15) is 46.0 Å². The van der Waals surface area contributed by atoms with Gasteiger partial charge in [0.1, 0.15) is 5.84 Å². The Hall–Kier alpha value is -4.27. The minimum atomic E-state index is -4.51. The average Bonchev–Trinajstić information content (AvgIpc) is 2.89. The summed E-state index contributed by atoms with van der Waals surface area (Å²) in [6.07, 6.45) is -3.65. The Kier molecular flexibility index (Phi) is 8.95. The fraction of sp³-hybridized carbons (Fsp3) is 0.214. The Balaban J connectivity index is 2.03. The van der Waals surface area contributed by atoms with Crippen LogP contribution in [0.4, 0.5) is 24.5 Å². The van der Waals surface area contributed by atoms with Gasteiger partial charge < -0.3 is 21.1 Å². The lowest BCUT2D eigenvalue weighted by atomic mass is 10.0. The van der Waals surface area contributed by atoms with Crippen molar-refractivity contribution in [2.24, 2.45) is 4.99 Å². The predicted octanol–water partition coefficient (Wildman–Crippen LogP) is 6.10. The lowest BCUT2D eigenvalue weighted by Gasteiger charge is -2.19. The Labute approximate surface area is 214 Å². The molecule has 194 valence electrons. The Morgan fingerprint density at radius 2 is 1.76 bits per heavy atom. The highest BCUT2D eigenvalue weighted by atomic mass is 19.4. The molecule has 0 radical (unpaired) electrons. The first-order chi connectivity index (χ1) is 17.7. The third-order valence-corrected chi connectivity index (χ3v) is 5.55. The number of methoxy groups -OCH3 is 1. The molecule has 3 rings (SSSR count). The predicted molar refractivity (Wildman–Crippen MR) is 141 cm³/mol. The number of nitrogens with one attached hydrogen (secondary N) is 2. The van der Waals surface area contributed by atoms with Gasteiger partial charge in [-0.2, -0.15) is 13.2 Å². The molecule has 0 aromatic heterocycles. The molecule has 0 heterocycles. The van der Waals surface area contributed by atoms with Gasteiger partial charge in [-0.25, -0.2) is 4.79 Å². The van der Waals surface area contributed by atoms with E-state index in [4.69, 9.17) is 10.5 Å². The lowest BCUT2D eigenvalue weighted by Crippen LogP contribution is -2.25. The maximum absolute atomic E-state index is 13.5. The van der Waals surface area contributed by atoms with Crippen LogP contribution in [0.25, 0.3) is 5.70 Å². The number of alkyl halides is 3. The summed E-state index contributed by atoms with van der Waals surface area (Å²) in [6, 6.07) is 17.2. The number of rotatable bonds is 9. The first kappa shape index (κ1) is 27.3.